The predicted octanol–water partition coefficient (Wildman–Crippen LogP) is 3.19. The van der Waals surface area contributed by atoms with Crippen LogP contribution < -0.4 is 10.1 Å². The number of hydrogen-bond donors (Lipinski definition) is 2. The molecular weight excluding hydrogens is 346 g/mol. The lowest BCUT2D eigenvalue weighted by molar-refractivity contribution is -0.143. The van der Waals surface area contributed by atoms with Crippen LogP contribution in [0.15, 0.2) is 18.2 Å². The van der Waals surface area contributed by atoms with Gasteiger partial charge in [-0.1, -0.05) is 37.4 Å². The average Bonchev–Trinajstić information content (AvgIpc) is 2.58. The number of benzene rings is 1. The molecule has 0 spiro atoms. The number of rotatable bonds is 7. The van der Waals surface area contributed by atoms with Crippen LogP contribution in [-0.4, -0.2) is 36.8 Å². The van der Waals surface area contributed by atoms with E-state index in [4.69, 9.17) is 21.1 Å². The molecule has 0 aromatic heterocycles. The summed E-state index contributed by atoms with van der Waals surface area (Å²) in [7, 11) is 1.47. The van der Waals surface area contributed by atoms with Gasteiger partial charge in [-0.3, -0.25) is 4.79 Å². The van der Waals surface area contributed by atoms with Crippen molar-refractivity contribution in [3.8, 4) is 5.75 Å². The van der Waals surface area contributed by atoms with Crippen LogP contribution in [0.2, 0.25) is 5.02 Å². The number of nitrogens with one attached hydrogen (secondary N) is 1. The van der Waals surface area contributed by atoms with Crippen molar-refractivity contribution in [2.75, 3.05) is 13.7 Å². The molecule has 0 bridgehead atoms. The molecule has 1 aromatic rings. The van der Waals surface area contributed by atoms with Crippen LogP contribution in [0, 0.1) is 5.92 Å². The van der Waals surface area contributed by atoms with E-state index in [2.05, 4.69) is 12.2 Å². The number of hydrogen-bond acceptors (Lipinski definition) is 4. The van der Waals surface area contributed by atoms with Crippen molar-refractivity contribution in [1.29, 1.82) is 0 Å². The molecule has 2 N–H and O–H groups in total. The highest BCUT2D eigenvalue weighted by molar-refractivity contribution is 6.32. The summed E-state index contributed by atoms with van der Waals surface area (Å²) in [6, 6.07) is 3.42. The SMILES string of the molecule is COc1ccc(C(NC(=O)COC2CCCCC2C)C(=O)O)cc1Cl. The van der Waals surface area contributed by atoms with Crippen molar-refractivity contribution in [3.63, 3.8) is 0 Å². The Morgan fingerprint density at radius 3 is 2.68 bits per heavy atom. The Hall–Kier alpha value is -1.79. The van der Waals surface area contributed by atoms with Gasteiger partial charge in [0.1, 0.15) is 12.4 Å². The molecule has 1 amide bonds. The Kier molecular flexibility index (Phi) is 7.08. The van der Waals surface area contributed by atoms with Gasteiger partial charge < -0.3 is 19.9 Å². The van der Waals surface area contributed by atoms with Crippen LogP contribution in [-0.2, 0) is 14.3 Å². The Morgan fingerprint density at radius 1 is 1.36 bits per heavy atom. The molecular formula is C18H24ClNO5. The number of aliphatic carboxylic acids is 1. The second-order valence-electron chi connectivity index (χ2n) is 6.34. The molecule has 7 heteroatoms. The van der Waals surface area contributed by atoms with E-state index < -0.39 is 17.9 Å². The first kappa shape index (κ1) is 19.5. The summed E-state index contributed by atoms with van der Waals surface area (Å²) in [6.45, 7) is 1.96. The Balaban J connectivity index is 1.97. The van der Waals surface area contributed by atoms with Crippen LogP contribution in [0.3, 0.4) is 0 Å². The zero-order chi connectivity index (χ0) is 18.4. The van der Waals surface area contributed by atoms with Crippen molar-refractivity contribution in [2.45, 2.75) is 44.8 Å². The van der Waals surface area contributed by atoms with Crippen LogP contribution in [0.4, 0.5) is 0 Å². The van der Waals surface area contributed by atoms with E-state index in [1.54, 1.807) is 12.1 Å². The highest BCUT2D eigenvalue weighted by atomic mass is 35.5. The first-order chi connectivity index (χ1) is 11.9. The van der Waals surface area contributed by atoms with E-state index in [1.807, 2.05) is 0 Å². The zero-order valence-corrected chi connectivity index (χ0v) is 15.2. The summed E-state index contributed by atoms with van der Waals surface area (Å²) in [5.41, 5.74) is 0.373. The number of carboxylic acid groups (broad SMARTS) is 1. The first-order valence-electron chi connectivity index (χ1n) is 8.39. The van der Waals surface area contributed by atoms with Gasteiger partial charge in [0.05, 0.1) is 18.2 Å². The number of ether oxygens (including phenoxy) is 2. The normalized spacial score (nSPS) is 21.4. The molecule has 1 aliphatic carbocycles. The van der Waals surface area contributed by atoms with Crippen molar-refractivity contribution in [3.05, 3.63) is 28.8 Å². The lowest BCUT2D eigenvalue weighted by Crippen LogP contribution is -2.38. The Labute approximate surface area is 152 Å². The van der Waals surface area contributed by atoms with Gasteiger partial charge in [-0.05, 0) is 36.5 Å². The maximum atomic E-state index is 12.1. The molecule has 0 radical (unpaired) electrons. The second-order valence-corrected chi connectivity index (χ2v) is 6.75. The third kappa shape index (κ3) is 5.34. The van der Waals surface area contributed by atoms with Gasteiger partial charge >= 0.3 is 5.97 Å². The van der Waals surface area contributed by atoms with Crippen LogP contribution in [0.25, 0.3) is 0 Å². The van der Waals surface area contributed by atoms with Crippen LogP contribution in [0.5, 0.6) is 5.75 Å². The number of halogens is 1. The fourth-order valence-corrected chi connectivity index (χ4v) is 3.33. The lowest BCUT2D eigenvalue weighted by Gasteiger charge is -2.28. The lowest BCUT2D eigenvalue weighted by atomic mass is 9.88. The third-order valence-corrected chi connectivity index (χ3v) is 4.82. The fourth-order valence-electron chi connectivity index (χ4n) is 3.07. The molecule has 1 saturated carbocycles. The van der Waals surface area contributed by atoms with E-state index in [9.17, 15) is 14.7 Å². The molecule has 0 heterocycles. The van der Waals surface area contributed by atoms with E-state index in [0.717, 1.165) is 19.3 Å². The van der Waals surface area contributed by atoms with Crippen LogP contribution in [0.1, 0.15) is 44.2 Å². The van der Waals surface area contributed by atoms with Gasteiger partial charge in [0.15, 0.2) is 6.04 Å². The molecule has 1 aliphatic rings. The summed E-state index contributed by atoms with van der Waals surface area (Å²) in [4.78, 5) is 23.7. The summed E-state index contributed by atoms with van der Waals surface area (Å²) in [6.07, 6.45) is 4.36. The van der Waals surface area contributed by atoms with Crippen LogP contribution >= 0.6 is 11.6 Å². The minimum Gasteiger partial charge on any atom is -0.495 e. The first-order valence-corrected chi connectivity index (χ1v) is 8.77. The molecule has 3 atom stereocenters. The van der Waals surface area contributed by atoms with Crippen molar-refractivity contribution in [2.24, 2.45) is 5.92 Å². The molecule has 6 nitrogen and oxygen atoms in total. The summed E-state index contributed by atoms with van der Waals surface area (Å²) < 4.78 is 10.7. The van der Waals surface area contributed by atoms with Gasteiger partial charge in [-0.2, -0.15) is 0 Å². The Morgan fingerprint density at radius 2 is 2.08 bits per heavy atom. The topological polar surface area (TPSA) is 84.9 Å². The van der Waals surface area contributed by atoms with E-state index >= 15 is 0 Å². The third-order valence-electron chi connectivity index (χ3n) is 4.52. The quantitative estimate of drug-likeness (QED) is 0.771. The fraction of sp³-hybridized carbons (Fsp3) is 0.556. The number of methoxy groups -OCH3 is 1. The average molecular weight is 370 g/mol. The number of carbonyl (C=O) groups is 2. The molecule has 0 aliphatic heterocycles. The van der Waals surface area contributed by atoms with Gasteiger partial charge in [0, 0.05) is 0 Å². The summed E-state index contributed by atoms with van der Waals surface area (Å²) >= 11 is 6.04. The maximum Gasteiger partial charge on any atom is 0.330 e. The molecule has 25 heavy (non-hydrogen) atoms. The summed E-state index contributed by atoms with van der Waals surface area (Å²) in [5.74, 6) is -0.773. The van der Waals surface area contributed by atoms with E-state index in [1.165, 1.54) is 19.6 Å². The largest absolute Gasteiger partial charge is 0.495 e. The smallest absolute Gasteiger partial charge is 0.330 e. The van der Waals surface area contributed by atoms with Gasteiger partial charge in [0.25, 0.3) is 0 Å². The predicted molar refractivity (Wildman–Crippen MR) is 93.9 cm³/mol. The van der Waals surface area contributed by atoms with Crippen molar-refractivity contribution in [1.82, 2.24) is 5.32 Å². The van der Waals surface area contributed by atoms with Gasteiger partial charge in [0.2, 0.25) is 5.91 Å². The molecule has 3 unspecified atom stereocenters. The monoisotopic (exact) mass is 369 g/mol. The second kappa shape index (κ2) is 9.06. The van der Waals surface area contributed by atoms with Gasteiger partial charge in [-0.15, -0.1) is 0 Å². The number of carboxylic acids is 1. The maximum absolute atomic E-state index is 12.1. The Bertz CT molecular complexity index is 621. The van der Waals surface area contributed by atoms with Crippen molar-refractivity contribution >= 4 is 23.5 Å². The highest BCUT2D eigenvalue weighted by Crippen LogP contribution is 2.28. The highest BCUT2D eigenvalue weighted by Gasteiger charge is 2.26. The molecule has 138 valence electrons. The number of amides is 1. The zero-order valence-electron chi connectivity index (χ0n) is 14.5. The molecule has 0 saturated heterocycles. The minimum atomic E-state index is -1.19. The molecule has 1 aromatic carbocycles. The minimum absolute atomic E-state index is 0.0539. The number of carbonyl (C=O) groups excluding carboxylic acids is 1. The van der Waals surface area contributed by atoms with Crippen molar-refractivity contribution < 1.29 is 24.2 Å². The van der Waals surface area contributed by atoms with E-state index in [0.29, 0.717) is 17.2 Å². The van der Waals surface area contributed by atoms with E-state index in [-0.39, 0.29) is 17.7 Å². The summed E-state index contributed by atoms with van der Waals surface area (Å²) in [5, 5.41) is 12.2. The van der Waals surface area contributed by atoms with Gasteiger partial charge in [-0.25, -0.2) is 4.79 Å². The molecule has 1 fully saturated rings. The molecule has 2 rings (SSSR count). The standard InChI is InChI=1S/C18H24ClNO5/c1-11-5-3-4-6-14(11)25-10-16(21)20-17(18(22)23)12-7-8-15(24-2)13(19)9-12/h7-9,11,14,17H,3-6,10H2,1-2H3,(H,20,21)(H,22,23).